The number of rotatable bonds is 4. The maximum absolute atomic E-state index is 14.0. The summed E-state index contributed by atoms with van der Waals surface area (Å²) in [5.74, 6) is 0.153. The number of piperidine rings is 1. The molecule has 0 spiro atoms. The number of nitriles is 1. The van der Waals surface area contributed by atoms with E-state index in [0.29, 0.717) is 17.2 Å². The lowest BCUT2D eigenvalue weighted by Crippen LogP contribution is -2.37. The van der Waals surface area contributed by atoms with E-state index in [1.165, 1.54) is 6.07 Å². The Morgan fingerprint density at radius 1 is 1.53 bits per heavy atom. The van der Waals surface area contributed by atoms with Crippen molar-refractivity contribution in [3.05, 3.63) is 29.6 Å². The van der Waals surface area contributed by atoms with Crippen molar-refractivity contribution in [2.45, 2.75) is 19.8 Å². The topological polar surface area (TPSA) is 36.3 Å². The highest BCUT2D eigenvalue weighted by Crippen LogP contribution is 2.26. The molecular formula is C15H19FN2O. The summed E-state index contributed by atoms with van der Waals surface area (Å²) >= 11 is 0. The van der Waals surface area contributed by atoms with Crippen molar-refractivity contribution in [2.75, 3.05) is 31.2 Å². The Labute approximate surface area is 113 Å². The van der Waals surface area contributed by atoms with Crippen LogP contribution in [0.25, 0.3) is 0 Å². The van der Waals surface area contributed by atoms with Gasteiger partial charge in [0.25, 0.3) is 0 Å². The van der Waals surface area contributed by atoms with Gasteiger partial charge in [-0.25, -0.2) is 4.39 Å². The number of benzene rings is 1. The zero-order valence-corrected chi connectivity index (χ0v) is 11.2. The minimum Gasteiger partial charge on any atom is -0.381 e. The molecule has 19 heavy (non-hydrogen) atoms. The fourth-order valence-corrected chi connectivity index (χ4v) is 2.54. The van der Waals surface area contributed by atoms with Crippen LogP contribution in [0, 0.1) is 23.1 Å². The van der Waals surface area contributed by atoms with E-state index in [9.17, 15) is 4.39 Å². The standard InChI is InChI=1S/C15H19FN2O/c1-2-19-11-13-4-3-7-18(10-13)15-6-5-12(9-17)8-14(15)16/h5-6,8,13H,2-4,7,10-11H2,1H3. The van der Waals surface area contributed by atoms with Gasteiger partial charge in [-0.15, -0.1) is 0 Å². The van der Waals surface area contributed by atoms with Crippen molar-refractivity contribution in [3.8, 4) is 6.07 Å². The van der Waals surface area contributed by atoms with E-state index < -0.39 is 0 Å². The van der Waals surface area contributed by atoms with Crippen molar-refractivity contribution in [1.29, 1.82) is 5.26 Å². The van der Waals surface area contributed by atoms with Crippen LogP contribution in [-0.2, 0) is 4.74 Å². The Morgan fingerprint density at radius 3 is 3.05 bits per heavy atom. The highest BCUT2D eigenvalue weighted by Gasteiger charge is 2.22. The van der Waals surface area contributed by atoms with Crippen LogP contribution in [0.4, 0.5) is 10.1 Å². The van der Waals surface area contributed by atoms with Crippen LogP contribution in [0.15, 0.2) is 18.2 Å². The summed E-state index contributed by atoms with van der Waals surface area (Å²) in [6.45, 7) is 5.14. The minimum atomic E-state index is -0.309. The Kier molecular flexibility index (Phi) is 4.75. The van der Waals surface area contributed by atoms with Crippen molar-refractivity contribution in [1.82, 2.24) is 0 Å². The van der Waals surface area contributed by atoms with E-state index in [1.54, 1.807) is 12.1 Å². The summed E-state index contributed by atoms with van der Waals surface area (Å²) in [6, 6.07) is 6.64. The van der Waals surface area contributed by atoms with Crippen LogP contribution < -0.4 is 4.90 Å². The van der Waals surface area contributed by atoms with Gasteiger partial charge in [0.15, 0.2) is 0 Å². The van der Waals surface area contributed by atoms with E-state index >= 15 is 0 Å². The fraction of sp³-hybridized carbons (Fsp3) is 0.533. The molecule has 1 fully saturated rings. The summed E-state index contributed by atoms with van der Waals surface area (Å²) in [7, 11) is 0. The van der Waals surface area contributed by atoms with Gasteiger partial charge in [0.05, 0.1) is 23.9 Å². The molecule has 1 unspecified atom stereocenters. The van der Waals surface area contributed by atoms with Crippen molar-refractivity contribution >= 4 is 5.69 Å². The second-order valence-electron chi connectivity index (χ2n) is 4.89. The molecule has 0 N–H and O–H groups in total. The average molecular weight is 262 g/mol. The predicted molar refractivity (Wildman–Crippen MR) is 72.5 cm³/mol. The van der Waals surface area contributed by atoms with E-state index in [0.717, 1.165) is 39.1 Å². The first kappa shape index (κ1) is 13.8. The summed E-state index contributed by atoms with van der Waals surface area (Å²) in [6.07, 6.45) is 2.19. The van der Waals surface area contributed by atoms with E-state index in [-0.39, 0.29) is 5.82 Å². The molecule has 1 aromatic rings. The van der Waals surface area contributed by atoms with Crippen molar-refractivity contribution < 1.29 is 9.13 Å². The maximum Gasteiger partial charge on any atom is 0.147 e. The van der Waals surface area contributed by atoms with E-state index in [2.05, 4.69) is 4.90 Å². The highest BCUT2D eigenvalue weighted by molar-refractivity contribution is 5.51. The molecule has 0 radical (unpaired) electrons. The molecule has 1 aromatic carbocycles. The summed E-state index contributed by atoms with van der Waals surface area (Å²) < 4.78 is 19.4. The van der Waals surface area contributed by atoms with Crippen LogP contribution in [0.5, 0.6) is 0 Å². The van der Waals surface area contributed by atoms with Crippen LogP contribution in [-0.4, -0.2) is 26.3 Å². The fourth-order valence-electron chi connectivity index (χ4n) is 2.54. The van der Waals surface area contributed by atoms with Crippen molar-refractivity contribution in [3.63, 3.8) is 0 Å². The zero-order valence-electron chi connectivity index (χ0n) is 11.2. The zero-order chi connectivity index (χ0) is 13.7. The Hall–Kier alpha value is -1.60. The molecule has 4 heteroatoms. The summed E-state index contributed by atoms with van der Waals surface area (Å²) in [5.41, 5.74) is 0.962. The Morgan fingerprint density at radius 2 is 2.37 bits per heavy atom. The molecule has 1 heterocycles. The Balaban J connectivity index is 2.07. The molecule has 0 aliphatic carbocycles. The molecule has 0 saturated carbocycles. The van der Waals surface area contributed by atoms with Gasteiger partial charge in [-0.3, -0.25) is 0 Å². The summed E-state index contributed by atoms with van der Waals surface area (Å²) in [4.78, 5) is 2.06. The normalized spacial score (nSPS) is 19.2. The smallest absolute Gasteiger partial charge is 0.147 e. The first-order valence-electron chi connectivity index (χ1n) is 6.77. The lowest BCUT2D eigenvalue weighted by atomic mass is 9.98. The van der Waals surface area contributed by atoms with Crippen LogP contribution in [0.2, 0.25) is 0 Å². The van der Waals surface area contributed by atoms with E-state index in [1.807, 2.05) is 13.0 Å². The van der Waals surface area contributed by atoms with Gasteiger partial charge in [-0.1, -0.05) is 0 Å². The number of anilines is 1. The third-order valence-corrected chi connectivity index (χ3v) is 3.49. The van der Waals surface area contributed by atoms with Gasteiger partial charge in [0.2, 0.25) is 0 Å². The molecule has 0 amide bonds. The number of ether oxygens (including phenoxy) is 1. The lowest BCUT2D eigenvalue weighted by molar-refractivity contribution is 0.104. The van der Waals surface area contributed by atoms with Gasteiger partial charge in [0.1, 0.15) is 5.82 Å². The highest BCUT2D eigenvalue weighted by atomic mass is 19.1. The maximum atomic E-state index is 14.0. The van der Waals surface area contributed by atoms with Crippen LogP contribution in [0.3, 0.4) is 0 Å². The third kappa shape index (κ3) is 3.45. The molecule has 0 aromatic heterocycles. The quantitative estimate of drug-likeness (QED) is 0.837. The first-order valence-corrected chi connectivity index (χ1v) is 6.77. The van der Waals surface area contributed by atoms with Gasteiger partial charge < -0.3 is 9.64 Å². The molecule has 1 aliphatic rings. The molecule has 0 bridgehead atoms. The molecule has 1 aliphatic heterocycles. The van der Waals surface area contributed by atoms with Gasteiger partial charge >= 0.3 is 0 Å². The van der Waals surface area contributed by atoms with Gasteiger partial charge in [-0.2, -0.15) is 5.26 Å². The SMILES string of the molecule is CCOCC1CCCN(c2ccc(C#N)cc2F)C1. The molecule has 1 saturated heterocycles. The molecular weight excluding hydrogens is 243 g/mol. The number of halogens is 1. The van der Waals surface area contributed by atoms with Crippen LogP contribution >= 0.6 is 0 Å². The first-order chi connectivity index (χ1) is 9.24. The average Bonchev–Trinajstić information content (AvgIpc) is 2.45. The monoisotopic (exact) mass is 262 g/mol. The molecule has 1 atom stereocenters. The van der Waals surface area contributed by atoms with E-state index in [4.69, 9.17) is 10.00 Å². The molecule has 2 rings (SSSR count). The second kappa shape index (κ2) is 6.53. The minimum absolute atomic E-state index is 0.309. The summed E-state index contributed by atoms with van der Waals surface area (Å²) in [5, 5.41) is 8.76. The van der Waals surface area contributed by atoms with Gasteiger partial charge in [-0.05, 0) is 43.9 Å². The number of hydrogen-bond acceptors (Lipinski definition) is 3. The Bertz CT molecular complexity index is 470. The number of hydrogen-bond donors (Lipinski definition) is 0. The van der Waals surface area contributed by atoms with Gasteiger partial charge in [0, 0.05) is 19.7 Å². The largest absolute Gasteiger partial charge is 0.381 e. The number of nitrogens with zero attached hydrogens (tertiary/aromatic N) is 2. The molecule has 3 nitrogen and oxygen atoms in total. The van der Waals surface area contributed by atoms with Crippen molar-refractivity contribution in [2.24, 2.45) is 5.92 Å². The lowest BCUT2D eigenvalue weighted by Gasteiger charge is -2.34. The molecule has 102 valence electrons. The second-order valence-corrected chi connectivity index (χ2v) is 4.89. The third-order valence-electron chi connectivity index (χ3n) is 3.49. The van der Waals surface area contributed by atoms with Crippen LogP contribution in [0.1, 0.15) is 25.3 Å². The predicted octanol–water partition coefficient (Wildman–Crippen LogP) is 2.95.